The number of alkyl halides is 2. The van der Waals surface area contributed by atoms with E-state index in [0.29, 0.717) is 0 Å². The number of hydrogen-bond acceptors (Lipinski definition) is 4. The summed E-state index contributed by atoms with van der Waals surface area (Å²) < 4.78 is 27.8. The molecule has 0 heterocycles. The Kier molecular flexibility index (Phi) is 4.36. The Morgan fingerprint density at radius 2 is 1.82 bits per heavy atom. The molecular formula is C10H11F2NO4. The van der Waals surface area contributed by atoms with Gasteiger partial charge < -0.3 is 20.7 Å². The average molecular weight is 247 g/mol. The Hall–Kier alpha value is -1.73. The van der Waals surface area contributed by atoms with E-state index in [1.165, 1.54) is 24.3 Å². The molecule has 2 atom stereocenters. The molecule has 0 spiro atoms. The fourth-order valence-electron chi connectivity index (χ4n) is 1.19. The number of aliphatic hydroxyl groups is 1. The van der Waals surface area contributed by atoms with E-state index in [1.54, 1.807) is 0 Å². The van der Waals surface area contributed by atoms with Crippen molar-refractivity contribution in [3.05, 3.63) is 29.8 Å². The van der Waals surface area contributed by atoms with Crippen molar-refractivity contribution in [2.24, 2.45) is 5.73 Å². The van der Waals surface area contributed by atoms with Crippen LogP contribution in [0.3, 0.4) is 0 Å². The van der Waals surface area contributed by atoms with Crippen LogP contribution < -0.4 is 10.5 Å². The minimum Gasteiger partial charge on any atom is -0.480 e. The van der Waals surface area contributed by atoms with Crippen molar-refractivity contribution in [2.45, 2.75) is 18.8 Å². The molecule has 2 unspecified atom stereocenters. The highest BCUT2D eigenvalue weighted by Crippen LogP contribution is 2.20. The molecule has 0 aliphatic heterocycles. The molecule has 7 heteroatoms. The van der Waals surface area contributed by atoms with Gasteiger partial charge in [0.25, 0.3) is 0 Å². The third-order valence-corrected chi connectivity index (χ3v) is 2.07. The molecule has 0 radical (unpaired) electrons. The van der Waals surface area contributed by atoms with Gasteiger partial charge in [0.15, 0.2) is 0 Å². The van der Waals surface area contributed by atoms with Gasteiger partial charge in [0, 0.05) is 0 Å². The molecule has 5 nitrogen and oxygen atoms in total. The van der Waals surface area contributed by atoms with Crippen molar-refractivity contribution < 1.29 is 28.5 Å². The van der Waals surface area contributed by atoms with Gasteiger partial charge in [-0.2, -0.15) is 8.78 Å². The molecule has 0 aliphatic carbocycles. The summed E-state index contributed by atoms with van der Waals surface area (Å²) in [4.78, 5) is 10.5. The summed E-state index contributed by atoms with van der Waals surface area (Å²) in [6.45, 7) is -2.94. The Morgan fingerprint density at radius 1 is 1.29 bits per heavy atom. The van der Waals surface area contributed by atoms with Crippen LogP contribution in [0.5, 0.6) is 5.75 Å². The molecule has 17 heavy (non-hydrogen) atoms. The van der Waals surface area contributed by atoms with Gasteiger partial charge in [0.1, 0.15) is 17.9 Å². The molecule has 0 saturated heterocycles. The summed E-state index contributed by atoms with van der Waals surface area (Å²) in [5.41, 5.74) is 5.42. The van der Waals surface area contributed by atoms with Crippen LogP contribution in [0.25, 0.3) is 0 Å². The maximum Gasteiger partial charge on any atom is 0.387 e. The lowest BCUT2D eigenvalue weighted by molar-refractivity contribution is -0.141. The SMILES string of the molecule is NC(C(=O)O)C(O)c1ccc(OC(F)F)cc1. The van der Waals surface area contributed by atoms with E-state index in [1.807, 2.05) is 0 Å². The first-order valence-corrected chi connectivity index (χ1v) is 4.63. The van der Waals surface area contributed by atoms with Crippen LogP contribution in [0.4, 0.5) is 8.78 Å². The second-order valence-electron chi connectivity index (χ2n) is 3.26. The van der Waals surface area contributed by atoms with Gasteiger partial charge in [0.2, 0.25) is 0 Å². The molecule has 0 aliphatic rings. The van der Waals surface area contributed by atoms with Crippen LogP contribution in [-0.4, -0.2) is 28.8 Å². The van der Waals surface area contributed by atoms with Gasteiger partial charge in [0.05, 0.1) is 0 Å². The first-order valence-electron chi connectivity index (χ1n) is 4.63. The fourth-order valence-corrected chi connectivity index (χ4v) is 1.19. The normalized spacial score (nSPS) is 14.4. The lowest BCUT2D eigenvalue weighted by Crippen LogP contribution is -2.36. The minimum absolute atomic E-state index is 0.0835. The number of nitrogens with two attached hydrogens (primary N) is 1. The molecule has 4 N–H and O–H groups in total. The average Bonchev–Trinajstić information content (AvgIpc) is 2.27. The number of rotatable bonds is 5. The highest BCUT2D eigenvalue weighted by atomic mass is 19.3. The zero-order valence-corrected chi connectivity index (χ0v) is 8.59. The molecule has 94 valence electrons. The van der Waals surface area contributed by atoms with Crippen LogP contribution >= 0.6 is 0 Å². The molecular weight excluding hydrogens is 236 g/mol. The van der Waals surface area contributed by atoms with Crippen LogP contribution in [0, 0.1) is 0 Å². The van der Waals surface area contributed by atoms with Gasteiger partial charge >= 0.3 is 12.6 Å². The number of benzene rings is 1. The predicted molar refractivity (Wildman–Crippen MR) is 53.6 cm³/mol. The second kappa shape index (κ2) is 5.55. The predicted octanol–water partition coefficient (Wildman–Crippen LogP) is 0.733. The number of hydrogen-bond donors (Lipinski definition) is 3. The van der Waals surface area contributed by atoms with Gasteiger partial charge in [-0.3, -0.25) is 4.79 Å². The monoisotopic (exact) mass is 247 g/mol. The number of carboxylic acids is 1. The third kappa shape index (κ3) is 3.65. The topological polar surface area (TPSA) is 92.8 Å². The summed E-state index contributed by atoms with van der Waals surface area (Å²) in [5.74, 6) is -1.44. The smallest absolute Gasteiger partial charge is 0.387 e. The minimum atomic E-state index is -2.94. The van der Waals surface area contributed by atoms with Crippen LogP contribution in [0.2, 0.25) is 0 Å². The summed E-state index contributed by atoms with van der Waals surface area (Å²) in [7, 11) is 0. The largest absolute Gasteiger partial charge is 0.480 e. The summed E-state index contributed by atoms with van der Waals surface area (Å²) in [6.07, 6.45) is -1.41. The Balaban J connectivity index is 2.76. The van der Waals surface area contributed by atoms with E-state index >= 15 is 0 Å². The Labute approximate surface area is 95.4 Å². The Bertz CT molecular complexity index is 382. The molecule has 1 aromatic rings. The highest BCUT2D eigenvalue weighted by Gasteiger charge is 2.23. The van der Waals surface area contributed by atoms with Crippen molar-refractivity contribution in [1.29, 1.82) is 0 Å². The number of carbonyl (C=O) groups is 1. The summed E-state index contributed by atoms with van der Waals surface area (Å²) in [5, 5.41) is 18.1. The number of carboxylic acid groups (broad SMARTS) is 1. The molecule has 0 aromatic heterocycles. The second-order valence-corrected chi connectivity index (χ2v) is 3.26. The van der Waals surface area contributed by atoms with Crippen molar-refractivity contribution >= 4 is 5.97 Å². The Morgan fingerprint density at radius 3 is 2.24 bits per heavy atom. The zero-order chi connectivity index (χ0) is 13.0. The van der Waals surface area contributed by atoms with Crippen LogP contribution in [0.15, 0.2) is 24.3 Å². The maximum atomic E-state index is 11.8. The van der Waals surface area contributed by atoms with Crippen molar-refractivity contribution in [1.82, 2.24) is 0 Å². The van der Waals surface area contributed by atoms with Gasteiger partial charge in [-0.25, -0.2) is 0 Å². The lowest BCUT2D eigenvalue weighted by atomic mass is 10.0. The van der Waals surface area contributed by atoms with E-state index in [4.69, 9.17) is 10.8 Å². The molecule has 0 fully saturated rings. The lowest BCUT2D eigenvalue weighted by Gasteiger charge is -2.15. The number of aliphatic carboxylic acids is 1. The molecule has 1 rings (SSSR count). The van der Waals surface area contributed by atoms with E-state index < -0.39 is 24.7 Å². The van der Waals surface area contributed by atoms with Gasteiger partial charge in [-0.05, 0) is 17.7 Å². The van der Waals surface area contributed by atoms with E-state index in [0.717, 1.165) is 0 Å². The van der Waals surface area contributed by atoms with E-state index in [2.05, 4.69) is 4.74 Å². The standard InChI is InChI=1S/C10H11F2NO4/c11-10(12)17-6-3-1-5(2-4-6)8(14)7(13)9(15)16/h1-4,7-8,10,14H,13H2,(H,15,16). The number of aliphatic hydroxyl groups excluding tert-OH is 1. The first kappa shape index (κ1) is 13.3. The first-order chi connectivity index (χ1) is 7.91. The molecule has 0 saturated carbocycles. The number of halogens is 2. The molecule has 1 aromatic carbocycles. The summed E-state index contributed by atoms with van der Waals surface area (Å²) >= 11 is 0. The highest BCUT2D eigenvalue weighted by molar-refractivity contribution is 5.74. The summed E-state index contributed by atoms with van der Waals surface area (Å²) in [6, 6.07) is 3.45. The van der Waals surface area contributed by atoms with Gasteiger partial charge in [-0.15, -0.1) is 0 Å². The fraction of sp³-hybridized carbons (Fsp3) is 0.300. The van der Waals surface area contributed by atoms with Crippen LogP contribution in [-0.2, 0) is 4.79 Å². The van der Waals surface area contributed by atoms with Crippen LogP contribution in [0.1, 0.15) is 11.7 Å². The molecule has 0 bridgehead atoms. The van der Waals surface area contributed by atoms with Crippen molar-refractivity contribution in [3.8, 4) is 5.75 Å². The van der Waals surface area contributed by atoms with Gasteiger partial charge in [-0.1, -0.05) is 12.1 Å². The van der Waals surface area contributed by atoms with Crippen molar-refractivity contribution in [3.63, 3.8) is 0 Å². The van der Waals surface area contributed by atoms with E-state index in [9.17, 15) is 18.7 Å². The number of ether oxygens (including phenoxy) is 1. The quantitative estimate of drug-likeness (QED) is 0.713. The zero-order valence-electron chi connectivity index (χ0n) is 8.59. The third-order valence-electron chi connectivity index (χ3n) is 2.07. The van der Waals surface area contributed by atoms with E-state index in [-0.39, 0.29) is 11.3 Å². The van der Waals surface area contributed by atoms with Crippen molar-refractivity contribution in [2.75, 3.05) is 0 Å². The maximum absolute atomic E-state index is 11.8. The molecule has 0 amide bonds.